The van der Waals surface area contributed by atoms with E-state index >= 15 is 0 Å². The summed E-state index contributed by atoms with van der Waals surface area (Å²) in [5.74, 6) is -0.924. The largest absolute Gasteiger partial charge is 0.395 e. The topological polar surface area (TPSA) is 55.8 Å². The lowest BCUT2D eigenvalue weighted by Crippen LogP contribution is -2.12. The predicted molar refractivity (Wildman–Crippen MR) is 44.1 cm³/mol. The molecule has 0 spiro atoms. The van der Waals surface area contributed by atoms with Gasteiger partial charge >= 0.3 is 20.5 Å². The second kappa shape index (κ2) is 5.06. The molecular formula is C6H12NO4P. The van der Waals surface area contributed by atoms with Crippen LogP contribution in [0.4, 0.5) is 0 Å². The van der Waals surface area contributed by atoms with Gasteiger partial charge in [0, 0.05) is 13.8 Å². The Morgan fingerprint density at radius 2 is 1.42 bits per heavy atom. The van der Waals surface area contributed by atoms with E-state index in [1.807, 2.05) is 0 Å². The van der Waals surface area contributed by atoms with Crippen LogP contribution in [0.25, 0.3) is 0 Å². The van der Waals surface area contributed by atoms with Crippen molar-refractivity contribution in [2.75, 3.05) is 14.1 Å². The van der Waals surface area contributed by atoms with Gasteiger partial charge in [-0.2, -0.15) is 0 Å². The second-order valence-corrected chi connectivity index (χ2v) is 3.89. The van der Waals surface area contributed by atoms with E-state index in [1.165, 1.54) is 18.5 Å². The van der Waals surface area contributed by atoms with Gasteiger partial charge in [0.15, 0.2) is 0 Å². The maximum Gasteiger partial charge on any atom is 0.388 e. The zero-order chi connectivity index (χ0) is 9.72. The second-order valence-electron chi connectivity index (χ2n) is 2.25. The average Bonchev–Trinajstić information content (AvgIpc) is 1.83. The molecule has 0 unspecified atom stereocenters. The maximum absolute atomic E-state index is 10.5. The smallest absolute Gasteiger partial charge is 0.388 e. The van der Waals surface area contributed by atoms with Crippen LogP contribution in [0.1, 0.15) is 13.8 Å². The molecule has 0 aromatic heterocycles. The molecule has 0 amide bonds. The van der Waals surface area contributed by atoms with Gasteiger partial charge in [0.2, 0.25) is 0 Å². The van der Waals surface area contributed by atoms with Crippen LogP contribution in [0.2, 0.25) is 0 Å². The molecule has 0 aromatic rings. The fourth-order valence-corrected chi connectivity index (χ4v) is 1.21. The Labute approximate surface area is 72.6 Å². The van der Waals surface area contributed by atoms with E-state index in [2.05, 4.69) is 0 Å². The van der Waals surface area contributed by atoms with Crippen LogP contribution >= 0.6 is 8.53 Å². The lowest BCUT2D eigenvalue weighted by atomic mass is 10.9. The number of hydrogen-bond donors (Lipinski definition) is 0. The zero-order valence-electron chi connectivity index (χ0n) is 7.53. The van der Waals surface area contributed by atoms with Crippen molar-refractivity contribution >= 4 is 20.5 Å². The molecule has 70 valence electrons. The Balaban J connectivity index is 4.04. The molecule has 0 aromatic carbocycles. The molecule has 12 heavy (non-hydrogen) atoms. The van der Waals surface area contributed by atoms with Crippen molar-refractivity contribution < 1.29 is 18.6 Å². The quantitative estimate of drug-likeness (QED) is 0.623. The highest BCUT2D eigenvalue weighted by molar-refractivity contribution is 7.45. The minimum atomic E-state index is -1.56. The van der Waals surface area contributed by atoms with Crippen LogP contribution in [0, 0.1) is 0 Å². The number of hydrogen-bond acceptors (Lipinski definition) is 5. The summed E-state index contributed by atoms with van der Waals surface area (Å²) >= 11 is 0. The highest BCUT2D eigenvalue weighted by Gasteiger charge is 2.20. The Hall–Kier alpha value is -0.670. The average molecular weight is 193 g/mol. The van der Waals surface area contributed by atoms with Gasteiger partial charge in [-0.3, -0.25) is 9.59 Å². The summed E-state index contributed by atoms with van der Waals surface area (Å²) in [6, 6.07) is 0. The van der Waals surface area contributed by atoms with Gasteiger partial charge in [-0.1, -0.05) is 0 Å². The summed E-state index contributed by atoms with van der Waals surface area (Å²) in [5.41, 5.74) is 0. The highest BCUT2D eigenvalue weighted by Crippen LogP contribution is 2.40. The minimum absolute atomic E-state index is 0.462. The molecule has 5 nitrogen and oxygen atoms in total. The molecule has 0 saturated carbocycles. The third-order valence-corrected chi connectivity index (χ3v) is 2.22. The van der Waals surface area contributed by atoms with Crippen molar-refractivity contribution in [2.45, 2.75) is 13.8 Å². The first-order valence-electron chi connectivity index (χ1n) is 3.28. The highest BCUT2D eigenvalue weighted by atomic mass is 31.2. The van der Waals surface area contributed by atoms with Crippen molar-refractivity contribution in [3.8, 4) is 0 Å². The molecule has 6 heteroatoms. The summed E-state index contributed by atoms with van der Waals surface area (Å²) in [4.78, 5) is 21.0. The maximum atomic E-state index is 10.5. The Morgan fingerprint density at radius 3 is 1.58 bits per heavy atom. The molecule has 0 aliphatic carbocycles. The Bertz CT molecular complexity index is 166. The van der Waals surface area contributed by atoms with E-state index in [9.17, 15) is 9.59 Å². The summed E-state index contributed by atoms with van der Waals surface area (Å²) < 4.78 is 11.0. The van der Waals surface area contributed by atoms with E-state index in [0.29, 0.717) is 0 Å². The summed E-state index contributed by atoms with van der Waals surface area (Å²) in [7, 11) is 1.76. The number of carbonyl (C=O) groups excluding carboxylic acids is 2. The fraction of sp³-hybridized carbons (Fsp3) is 0.667. The third kappa shape index (κ3) is 5.04. The van der Waals surface area contributed by atoms with Crippen molar-refractivity contribution in [3.63, 3.8) is 0 Å². The monoisotopic (exact) mass is 193 g/mol. The summed E-state index contributed by atoms with van der Waals surface area (Å²) in [6.45, 7) is 2.53. The number of nitrogens with zero attached hydrogens (tertiary/aromatic N) is 1. The minimum Gasteiger partial charge on any atom is -0.395 e. The first-order chi connectivity index (χ1) is 5.43. The molecular weight excluding hydrogens is 181 g/mol. The lowest BCUT2D eigenvalue weighted by Gasteiger charge is -2.19. The summed E-state index contributed by atoms with van der Waals surface area (Å²) in [5, 5.41) is 0. The molecule has 0 radical (unpaired) electrons. The normalized spacial score (nSPS) is 10.2. The first kappa shape index (κ1) is 11.3. The van der Waals surface area contributed by atoms with Crippen molar-refractivity contribution in [2.24, 2.45) is 0 Å². The number of carbonyl (C=O) groups is 2. The van der Waals surface area contributed by atoms with Crippen molar-refractivity contribution in [1.82, 2.24) is 4.67 Å². The van der Waals surface area contributed by atoms with Gasteiger partial charge in [0.05, 0.1) is 0 Å². The van der Waals surface area contributed by atoms with Gasteiger partial charge < -0.3 is 9.05 Å². The van der Waals surface area contributed by atoms with Gasteiger partial charge in [0.25, 0.3) is 0 Å². The Morgan fingerprint density at radius 1 is 1.08 bits per heavy atom. The van der Waals surface area contributed by atoms with E-state index in [0.717, 1.165) is 0 Å². The lowest BCUT2D eigenvalue weighted by molar-refractivity contribution is -0.135. The fourth-order valence-electron chi connectivity index (χ4n) is 0.402. The molecule has 0 heterocycles. The van der Waals surface area contributed by atoms with Crippen LogP contribution in [-0.4, -0.2) is 30.7 Å². The Kier molecular flexibility index (Phi) is 4.78. The van der Waals surface area contributed by atoms with Crippen molar-refractivity contribution in [1.29, 1.82) is 0 Å². The molecule has 0 N–H and O–H groups in total. The molecule has 0 saturated heterocycles. The first-order valence-corrected chi connectivity index (χ1v) is 4.41. The summed E-state index contributed by atoms with van der Waals surface area (Å²) in [6.07, 6.45) is 0. The van der Waals surface area contributed by atoms with Gasteiger partial charge in [-0.05, 0) is 14.1 Å². The van der Waals surface area contributed by atoms with Gasteiger partial charge in [0.1, 0.15) is 0 Å². The molecule has 0 fully saturated rings. The van der Waals surface area contributed by atoms with Crippen LogP contribution in [0.5, 0.6) is 0 Å². The zero-order valence-corrected chi connectivity index (χ0v) is 8.42. The molecule has 0 aliphatic rings. The molecule has 0 rings (SSSR count). The van der Waals surface area contributed by atoms with Crippen molar-refractivity contribution in [3.05, 3.63) is 0 Å². The standard InChI is InChI=1S/C6H12NO4P/c1-5(8)10-12(7(3)4)11-6(2)9/h1-4H3. The van der Waals surface area contributed by atoms with Crippen LogP contribution in [0.15, 0.2) is 0 Å². The predicted octanol–water partition coefficient (Wildman–Crippen LogP) is 0.901. The van der Waals surface area contributed by atoms with Crippen LogP contribution < -0.4 is 0 Å². The molecule has 0 aliphatic heterocycles. The van der Waals surface area contributed by atoms with Gasteiger partial charge in [-0.15, -0.1) is 0 Å². The van der Waals surface area contributed by atoms with E-state index < -0.39 is 20.5 Å². The third-order valence-electron chi connectivity index (χ3n) is 0.740. The van der Waals surface area contributed by atoms with Crippen LogP contribution in [-0.2, 0) is 18.6 Å². The molecule has 0 bridgehead atoms. The van der Waals surface area contributed by atoms with Crippen LogP contribution in [0.3, 0.4) is 0 Å². The van der Waals surface area contributed by atoms with E-state index in [4.69, 9.17) is 9.05 Å². The number of rotatable bonds is 3. The SMILES string of the molecule is CC(=O)OP(OC(C)=O)N(C)C. The van der Waals surface area contributed by atoms with Gasteiger partial charge in [-0.25, -0.2) is 4.67 Å². The van der Waals surface area contributed by atoms with E-state index in [1.54, 1.807) is 14.1 Å². The van der Waals surface area contributed by atoms with E-state index in [-0.39, 0.29) is 0 Å². The molecule has 0 atom stereocenters.